The van der Waals surface area contributed by atoms with Gasteiger partial charge in [0.1, 0.15) is 11.6 Å². The maximum Gasteiger partial charge on any atom is 0.258 e. The first kappa shape index (κ1) is 20.3. The quantitative estimate of drug-likeness (QED) is 0.622. The second kappa shape index (κ2) is 9.19. The number of carbonyl (C=O) groups excluding carboxylic acids is 1. The number of carbonyl (C=O) groups is 1. The second-order valence-corrected chi connectivity index (χ2v) is 6.93. The Morgan fingerprint density at radius 1 is 1.17 bits per heavy atom. The monoisotopic (exact) mass is 391 g/mol. The maximum atomic E-state index is 12.8. The molecule has 0 saturated carbocycles. The Morgan fingerprint density at radius 2 is 1.90 bits per heavy atom. The molecular formula is C23H25N3O3. The summed E-state index contributed by atoms with van der Waals surface area (Å²) in [5, 5.41) is 0.536. The van der Waals surface area contributed by atoms with Gasteiger partial charge in [-0.25, -0.2) is 4.98 Å². The Hall–Kier alpha value is -3.41. The van der Waals surface area contributed by atoms with E-state index in [1.807, 2.05) is 51.1 Å². The number of hydrogen-bond acceptors (Lipinski definition) is 4. The highest BCUT2D eigenvalue weighted by Crippen LogP contribution is 2.14. The molecule has 0 fully saturated rings. The molecule has 0 unspecified atom stereocenters. The Balaban J connectivity index is 1.77. The lowest BCUT2D eigenvalue weighted by Gasteiger charge is -2.25. The van der Waals surface area contributed by atoms with Crippen molar-refractivity contribution in [2.75, 3.05) is 6.61 Å². The van der Waals surface area contributed by atoms with E-state index < -0.39 is 0 Å². The van der Waals surface area contributed by atoms with Crippen molar-refractivity contribution < 1.29 is 9.53 Å². The van der Waals surface area contributed by atoms with Gasteiger partial charge in [-0.3, -0.25) is 9.59 Å². The van der Waals surface area contributed by atoms with E-state index >= 15 is 0 Å². The number of fused-ring (bicyclic) bond motifs is 1. The molecule has 0 saturated heterocycles. The topological polar surface area (TPSA) is 75.3 Å². The van der Waals surface area contributed by atoms with Crippen LogP contribution in [0, 0.1) is 0 Å². The van der Waals surface area contributed by atoms with Gasteiger partial charge in [-0.05, 0) is 56.7 Å². The van der Waals surface area contributed by atoms with Crippen LogP contribution in [0.5, 0.6) is 5.75 Å². The zero-order chi connectivity index (χ0) is 20.8. The van der Waals surface area contributed by atoms with Crippen molar-refractivity contribution in [1.82, 2.24) is 14.9 Å². The van der Waals surface area contributed by atoms with Crippen LogP contribution >= 0.6 is 0 Å². The van der Waals surface area contributed by atoms with Crippen molar-refractivity contribution in [2.45, 2.75) is 33.4 Å². The Bertz CT molecular complexity index is 1070. The van der Waals surface area contributed by atoms with Gasteiger partial charge in [0.15, 0.2) is 0 Å². The molecule has 0 spiro atoms. The fourth-order valence-electron chi connectivity index (χ4n) is 2.99. The van der Waals surface area contributed by atoms with Gasteiger partial charge in [-0.2, -0.15) is 0 Å². The van der Waals surface area contributed by atoms with Gasteiger partial charge < -0.3 is 14.6 Å². The lowest BCUT2D eigenvalue weighted by atomic mass is 10.2. The number of amides is 1. The highest BCUT2D eigenvalue weighted by atomic mass is 16.5. The zero-order valence-electron chi connectivity index (χ0n) is 16.9. The van der Waals surface area contributed by atoms with Crippen molar-refractivity contribution in [3.8, 4) is 5.75 Å². The van der Waals surface area contributed by atoms with Crippen LogP contribution in [0.15, 0.2) is 59.4 Å². The van der Waals surface area contributed by atoms with Crippen molar-refractivity contribution in [3.63, 3.8) is 0 Å². The standard InChI is InChI=1S/C23H25N3O3/c1-4-29-18-12-9-17(10-13-18)11-14-22(27)26(16(2)3)15-21-24-20-8-6-5-7-19(20)23(28)25-21/h5-14,16H,4,15H2,1-3H3,(H,24,25,28)/b14-11+. The third-order valence-corrected chi connectivity index (χ3v) is 4.50. The fraction of sp³-hybridized carbons (Fsp3) is 0.261. The number of ether oxygens (including phenoxy) is 1. The van der Waals surface area contributed by atoms with E-state index in [0.29, 0.717) is 23.3 Å². The lowest BCUT2D eigenvalue weighted by molar-refractivity contribution is -0.128. The van der Waals surface area contributed by atoms with E-state index in [1.165, 1.54) is 6.08 Å². The molecule has 0 radical (unpaired) electrons. The number of para-hydroxylation sites is 1. The summed E-state index contributed by atoms with van der Waals surface area (Å²) in [5.41, 5.74) is 1.32. The van der Waals surface area contributed by atoms with Crippen molar-refractivity contribution in [2.24, 2.45) is 0 Å². The van der Waals surface area contributed by atoms with E-state index in [0.717, 1.165) is 11.3 Å². The van der Waals surface area contributed by atoms with E-state index in [-0.39, 0.29) is 24.1 Å². The summed E-state index contributed by atoms with van der Waals surface area (Å²) < 4.78 is 5.43. The molecule has 0 aliphatic carbocycles. The Kier molecular flexibility index (Phi) is 6.44. The largest absolute Gasteiger partial charge is 0.494 e. The molecule has 1 amide bonds. The third kappa shape index (κ3) is 5.10. The summed E-state index contributed by atoms with van der Waals surface area (Å²) in [7, 11) is 0. The molecule has 0 bridgehead atoms. The molecule has 2 aromatic carbocycles. The number of hydrogen-bond donors (Lipinski definition) is 1. The highest BCUT2D eigenvalue weighted by molar-refractivity contribution is 5.92. The van der Waals surface area contributed by atoms with E-state index in [9.17, 15) is 9.59 Å². The Morgan fingerprint density at radius 3 is 2.59 bits per heavy atom. The summed E-state index contributed by atoms with van der Waals surface area (Å²) in [4.78, 5) is 34.0. The van der Waals surface area contributed by atoms with E-state index in [1.54, 1.807) is 29.2 Å². The van der Waals surface area contributed by atoms with E-state index in [4.69, 9.17) is 4.74 Å². The predicted octanol–water partition coefficient (Wildman–Crippen LogP) is 3.77. The first-order chi connectivity index (χ1) is 14.0. The first-order valence-electron chi connectivity index (χ1n) is 9.67. The molecule has 0 atom stereocenters. The zero-order valence-corrected chi connectivity index (χ0v) is 16.9. The third-order valence-electron chi connectivity index (χ3n) is 4.50. The van der Waals surface area contributed by atoms with Gasteiger partial charge in [0, 0.05) is 12.1 Å². The van der Waals surface area contributed by atoms with Gasteiger partial charge in [0.25, 0.3) is 5.56 Å². The van der Waals surface area contributed by atoms with Crippen LogP contribution in [0.2, 0.25) is 0 Å². The van der Waals surface area contributed by atoms with Crippen molar-refractivity contribution in [3.05, 3.63) is 76.3 Å². The van der Waals surface area contributed by atoms with Crippen LogP contribution in [0.1, 0.15) is 32.2 Å². The molecule has 29 heavy (non-hydrogen) atoms. The minimum Gasteiger partial charge on any atom is -0.494 e. The number of nitrogens with zero attached hydrogens (tertiary/aromatic N) is 2. The summed E-state index contributed by atoms with van der Waals surface area (Å²) in [6.07, 6.45) is 3.30. The highest BCUT2D eigenvalue weighted by Gasteiger charge is 2.17. The molecule has 1 heterocycles. The molecule has 0 aliphatic heterocycles. The molecule has 3 rings (SSSR count). The number of aromatic amines is 1. The number of benzene rings is 2. The summed E-state index contributed by atoms with van der Waals surface area (Å²) >= 11 is 0. The average Bonchev–Trinajstić information content (AvgIpc) is 2.71. The average molecular weight is 391 g/mol. The van der Waals surface area contributed by atoms with Crippen LogP contribution in [0.25, 0.3) is 17.0 Å². The molecule has 3 aromatic rings. The molecule has 6 heteroatoms. The number of H-pyrrole nitrogens is 1. The van der Waals surface area contributed by atoms with Crippen LogP contribution < -0.4 is 10.3 Å². The van der Waals surface area contributed by atoms with Gasteiger partial charge in [-0.1, -0.05) is 24.3 Å². The van der Waals surface area contributed by atoms with Crippen molar-refractivity contribution >= 4 is 22.9 Å². The van der Waals surface area contributed by atoms with Crippen LogP contribution in [0.4, 0.5) is 0 Å². The minimum atomic E-state index is -0.202. The summed E-state index contributed by atoms with van der Waals surface area (Å²) in [5.74, 6) is 1.11. The maximum absolute atomic E-state index is 12.8. The van der Waals surface area contributed by atoms with Crippen molar-refractivity contribution in [1.29, 1.82) is 0 Å². The molecule has 0 aliphatic rings. The molecule has 6 nitrogen and oxygen atoms in total. The van der Waals surface area contributed by atoms with Gasteiger partial charge in [0.05, 0.1) is 24.1 Å². The summed E-state index contributed by atoms with van der Waals surface area (Å²) in [6, 6.07) is 14.7. The van der Waals surface area contributed by atoms with Crippen LogP contribution in [-0.2, 0) is 11.3 Å². The number of rotatable bonds is 7. The number of aromatic nitrogens is 2. The minimum absolute atomic E-state index is 0.0516. The molecule has 1 N–H and O–H groups in total. The summed E-state index contributed by atoms with van der Waals surface area (Å²) in [6.45, 7) is 6.64. The molecule has 1 aromatic heterocycles. The number of nitrogens with one attached hydrogen (secondary N) is 1. The normalized spacial score (nSPS) is 11.3. The molecular weight excluding hydrogens is 366 g/mol. The first-order valence-corrected chi connectivity index (χ1v) is 9.67. The predicted molar refractivity (Wildman–Crippen MR) is 115 cm³/mol. The smallest absolute Gasteiger partial charge is 0.258 e. The lowest BCUT2D eigenvalue weighted by Crippen LogP contribution is -2.36. The van der Waals surface area contributed by atoms with Gasteiger partial charge in [-0.15, -0.1) is 0 Å². The van der Waals surface area contributed by atoms with Gasteiger partial charge >= 0.3 is 0 Å². The van der Waals surface area contributed by atoms with Gasteiger partial charge in [0.2, 0.25) is 5.91 Å². The Labute approximate surface area is 169 Å². The van der Waals surface area contributed by atoms with E-state index in [2.05, 4.69) is 9.97 Å². The molecule has 150 valence electrons. The second-order valence-electron chi connectivity index (χ2n) is 6.93. The van der Waals surface area contributed by atoms with Crippen LogP contribution in [-0.4, -0.2) is 33.4 Å². The SMILES string of the molecule is CCOc1ccc(/C=C/C(=O)N(Cc2nc3ccccc3c(=O)[nH]2)C(C)C)cc1. The van der Waals surface area contributed by atoms with Crippen LogP contribution in [0.3, 0.4) is 0 Å². The fourth-order valence-corrected chi connectivity index (χ4v) is 2.99.